The fourth-order valence-electron chi connectivity index (χ4n) is 5.27. The number of fused-ring (bicyclic) bond motifs is 1. The molecule has 1 saturated carbocycles. The molecule has 2 fully saturated rings. The number of carbonyl (C=O) groups excluding carboxylic acids is 2. The molecule has 1 saturated heterocycles. The molecule has 2 aliphatic heterocycles. The van der Waals surface area contributed by atoms with Crippen molar-refractivity contribution < 1.29 is 19.1 Å². The second-order valence-corrected chi connectivity index (χ2v) is 9.67. The molecule has 3 aliphatic rings. The van der Waals surface area contributed by atoms with Crippen molar-refractivity contribution in [1.29, 1.82) is 0 Å². The van der Waals surface area contributed by atoms with Crippen molar-refractivity contribution in [3.8, 4) is 11.5 Å². The lowest BCUT2D eigenvalue weighted by molar-refractivity contribution is -0.129. The van der Waals surface area contributed by atoms with Crippen molar-refractivity contribution in [3.05, 3.63) is 58.6 Å². The van der Waals surface area contributed by atoms with Gasteiger partial charge in [0.2, 0.25) is 12.7 Å². The molecule has 0 spiro atoms. The third kappa shape index (κ3) is 5.00. The topological polar surface area (TPSA) is 71.1 Å². The van der Waals surface area contributed by atoms with Crippen molar-refractivity contribution in [2.75, 3.05) is 33.0 Å². The molecule has 0 aromatic heterocycles. The van der Waals surface area contributed by atoms with Crippen LogP contribution in [-0.4, -0.2) is 60.6 Å². The van der Waals surface area contributed by atoms with Gasteiger partial charge in [0.1, 0.15) is 0 Å². The van der Waals surface area contributed by atoms with Crippen LogP contribution in [0.2, 0.25) is 5.02 Å². The summed E-state index contributed by atoms with van der Waals surface area (Å²) in [7, 11) is 0. The van der Waals surface area contributed by atoms with Crippen LogP contribution in [0.3, 0.4) is 0 Å². The number of hydrogen-bond acceptors (Lipinski definition) is 5. The third-order valence-electron chi connectivity index (χ3n) is 7.10. The van der Waals surface area contributed by atoms with Crippen LogP contribution >= 0.6 is 11.6 Å². The van der Waals surface area contributed by atoms with Gasteiger partial charge in [0.25, 0.3) is 5.91 Å². The van der Waals surface area contributed by atoms with Crippen molar-refractivity contribution in [2.24, 2.45) is 5.92 Å². The average molecular weight is 484 g/mol. The highest BCUT2D eigenvalue weighted by Crippen LogP contribution is 2.33. The Kier molecular flexibility index (Phi) is 6.92. The molecule has 180 valence electrons. The van der Waals surface area contributed by atoms with E-state index in [0.29, 0.717) is 49.2 Å². The van der Waals surface area contributed by atoms with Crippen molar-refractivity contribution in [2.45, 2.75) is 38.3 Å². The molecular formula is C26H30ClN3O4. The maximum absolute atomic E-state index is 13.4. The molecule has 0 radical (unpaired) electrons. The van der Waals surface area contributed by atoms with Gasteiger partial charge < -0.3 is 19.7 Å². The molecule has 1 aliphatic carbocycles. The summed E-state index contributed by atoms with van der Waals surface area (Å²) in [5.74, 6) is 1.91. The van der Waals surface area contributed by atoms with E-state index in [2.05, 4.69) is 10.2 Å². The number of piperazine rings is 1. The zero-order chi connectivity index (χ0) is 23.5. The quantitative estimate of drug-likeness (QED) is 0.678. The lowest BCUT2D eigenvalue weighted by atomic mass is 9.94. The summed E-state index contributed by atoms with van der Waals surface area (Å²) in [6.45, 7) is 3.30. The van der Waals surface area contributed by atoms with Gasteiger partial charge in [-0.05, 0) is 60.7 Å². The fourth-order valence-corrected chi connectivity index (χ4v) is 5.40. The van der Waals surface area contributed by atoms with E-state index in [0.717, 1.165) is 29.9 Å². The van der Waals surface area contributed by atoms with E-state index < -0.39 is 0 Å². The Morgan fingerprint density at radius 3 is 2.41 bits per heavy atom. The third-order valence-corrected chi connectivity index (χ3v) is 7.36. The summed E-state index contributed by atoms with van der Waals surface area (Å²) in [5, 5.41) is 3.78. The van der Waals surface area contributed by atoms with E-state index in [1.54, 1.807) is 24.3 Å². The Hall–Kier alpha value is -2.77. The van der Waals surface area contributed by atoms with E-state index >= 15 is 0 Å². The van der Waals surface area contributed by atoms with Crippen LogP contribution in [0.5, 0.6) is 11.5 Å². The second kappa shape index (κ2) is 10.2. The zero-order valence-electron chi connectivity index (χ0n) is 19.2. The van der Waals surface area contributed by atoms with E-state index in [-0.39, 0.29) is 24.6 Å². The van der Waals surface area contributed by atoms with Crippen LogP contribution in [-0.2, 0) is 11.3 Å². The van der Waals surface area contributed by atoms with Gasteiger partial charge >= 0.3 is 0 Å². The molecule has 1 unspecified atom stereocenters. The van der Waals surface area contributed by atoms with Gasteiger partial charge in [0.05, 0.1) is 6.04 Å². The van der Waals surface area contributed by atoms with Crippen LogP contribution in [0.25, 0.3) is 0 Å². The molecule has 2 aromatic carbocycles. The number of rotatable bonds is 6. The van der Waals surface area contributed by atoms with Crippen LogP contribution < -0.4 is 14.8 Å². The minimum Gasteiger partial charge on any atom is -0.454 e. The maximum Gasteiger partial charge on any atom is 0.253 e. The Morgan fingerprint density at radius 1 is 0.971 bits per heavy atom. The van der Waals surface area contributed by atoms with Gasteiger partial charge in [-0.2, -0.15) is 0 Å². The molecule has 5 rings (SSSR count). The molecule has 7 nitrogen and oxygen atoms in total. The van der Waals surface area contributed by atoms with Crippen LogP contribution in [0, 0.1) is 5.92 Å². The largest absolute Gasteiger partial charge is 0.454 e. The van der Waals surface area contributed by atoms with Crippen molar-refractivity contribution >= 4 is 23.4 Å². The first-order valence-corrected chi connectivity index (χ1v) is 12.4. The Morgan fingerprint density at radius 2 is 1.68 bits per heavy atom. The minimum atomic E-state index is -0.163. The summed E-state index contributed by atoms with van der Waals surface area (Å²) < 4.78 is 10.8. The molecule has 2 heterocycles. The van der Waals surface area contributed by atoms with Crippen molar-refractivity contribution in [1.82, 2.24) is 15.1 Å². The first-order chi connectivity index (χ1) is 16.6. The summed E-state index contributed by atoms with van der Waals surface area (Å²) in [5.41, 5.74) is 1.63. The Balaban J connectivity index is 1.21. The lowest BCUT2D eigenvalue weighted by Gasteiger charge is -2.40. The molecular weight excluding hydrogens is 454 g/mol. The van der Waals surface area contributed by atoms with Crippen LogP contribution in [0.15, 0.2) is 42.5 Å². The predicted molar refractivity (Wildman–Crippen MR) is 129 cm³/mol. The van der Waals surface area contributed by atoms with E-state index in [4.69, 9.17) is 21.1 Å². The predicted octanol–water partition coefficient (Wildman–Crippen LogP) is 3.70. The fraction of sp³-hybridized carbons (Fsp3) is 0.462. The molecule has 34 heavy (non-hydrogen) atoms. The summed E-state index contributed by atoms with van der Waals surface area (Å²) >= 11 is 5.96. The monoisotopic (exact) mass is 483 g/mol. The molecule has 1 N–H and O–H groups in total. The number of nitrogens with one attached hydrogen (secondary N) is 1. The number of ether oxygens (including phenoxy) is 2. The second-order valence-electron chi connectivity index (χ2n) is 9.23. The summed E-state index contributed by atoms with van der Waals surface area (Å²) in [6.07, 6.45) is 4.50. The first-order valence-electron chi connectivity index (χ1n) is 12.0. The molecule has 0 bridgehead atoms. The summed E-state index contributed by atoms with van der Waals surface area (Å²) in [6, 6.07) is 12.6. The number of benzene rings is 2. The standard InChI is InChI=1S/C26H30ClN3O4/c27-21-8-6-20(7-9-21)26(32)30-13-11-29(12-14-30)24(19-3-1-2-4-19)25(31)28-16-18-5-10-22-23(15-18)34-17-33-22/h5-10,15,19,24H,1-4,11-14,16-17H2,(H,28,31). The van der Waals surface area contributed by atoms with Gasteiger partial charge in [-0.1, -0.05) is 30.5 Å². The number of halogens is 1. The zero-order valence-corrected chi connectivity index (χ0v) is 19.9. The number of hydrogen-bond donors (Lipinski definition) is 1. The van der Waals surface area contributed by atoms with Crippen molar-refractivity contribution in [3.63, 3.8) is 0 Å². The first kappa shape index (κ1) is 23.0. The molecule has 8 heteroatoms. The summed E-state index contributed by atoms with van der Waals surface area (Å²) in [4.78, 5) is 30.4. The highest BCUT2D eigenvalue weighted by atomic mass is 35.5. The Bertz CT molecular complexity index is 1030. The molecule has 2 aromatic rings. The number of nitrogens with zero attached hydrogens (tertiary/aromatic N) is 2. The minimum absolute atomic E-state index is 0.0148. The number of carbonyl (C=O) groups is 2. The maximum atomic E-state index is 13.4. The highest BCUT2D eigenvalue weighted by molar-refractivity contribution is 6.30. The van der Waals surface area contributed by atoms with Gasteiger partial charge in [-0.15, -0.1) is 0 Å². The van der Waals surface area contributed by atoms with Gasteiger partial charge in [0, 0.05) is 43.3 Å². The Labute approximate surface area is 205 Å². The van der Waals surface area contributed by atoms with Gasteiger partial charge in [0.15, 0.2) is 11.5 Å². The van der Waals surface area contributed by atoms with E-state index in [1.165, 1.54) is 12.8 Å². The van der Waals surface area contributed by atoms with Crippen LogP contribution in [0.1, 0.15) is 41.6 Å². The van der Waals surface area contributed by atoms with E-state index in [1.807, 2.05) is 23.1 Å². The normalized spacial score (nSPS) is 19.3. The number of amides is 2. The highest BCUT2D eigenvalue weighted by Gasteiger charge is 2.37. The van der Waals surface area contributed by atoms with Gasteiger partial charge in [-0.3, -0.25) is 14.5 Å². The lowest BCUT2D eigenvalue weighted by Crippen LogP contribution is -2.57. The smallest absolute Gasteiger partial charge is 0.253 e. The van der Waals surface area contributed by atoms with E-state index in [9.17, 15) is 9.59 Å². The average Bonchev–Trinajstić information content (AvgIpc) is 3.55. The molecule has 1 atom stereocenters. The van der Waals surface area contributed by atoms with Gasteiger partial charge in [-0.25, -0.2) is 0 Å². The SMILES string of the molecule is O=C(NCc1ccc2c(c1)OCO2)C(C1CCCC1)N1CCN(C(=O)c2ccc(Cl)cc2)CC1. The molecule has 2 amide bonds. The van der Waals surface area contributed by atoms with Crippen LogP contribution in [0.4, 0.5) is 0 Å².